The summed E-state index contributed by atoms with van der Waals surface area (Å²) in [6.07, 6.45) is 4.66. The predicted octanol–water partition coefficient (Wildman–Crippen LogP) is 1.37. The van der Waals surface area contributed by atoms with Crippen LogP contribution in [0.15, 0.2) is 29.4 Å². The lowest BCUT2D eigenvalue weighted by molar-refractivity contribution is -0.120. The number of H-pyrrole nitrogens is 1. The van der Waals surface area contributed by atoms with Crippen molar-refractivity contribution in [2.45, 2.75) is 12.8 Å². The molecule has 2 aromatic rings. The molecule has 0 aromatic carbocycles. The molecule has 0 atom stereocenters. The summed E-state index contributed by atoms with van der Waals surface area (Å²) in [6, 6.07) is 1.97. The molecule has 2 heterocycles. The van der Waals surface area contributed by atoms with Crippen LogP contribution in [0.5, 0.6) is 0 Å². The molecule has 4 nitrogen and oxygen atoms in total. The third kappa shape index (κ3) is 3.20. The molecule has 1 amide bonds. The molecule has 0 radical (unpaired) electrons. The molecule has 0 fully saturated rings. The van der Waals surface area contributed by atoms with Crippen molar-refractivity contribution in [2.24, 2.45) is 0 Å². The maximum atomic E-state index is 11.5. The lowest BCUT2D eigenvalue weighted by atomic mass is 10.2. The van der Waals surface area contributed by atoms with Crippen LogP contribution in [0.3, 0.4) is 0 Å². The van der Waals surface area contributed by atoms with Crippen LogP contribution in [0.4, 0.5) is 0 Å². The number of hydrogen-bond acceptors (Lipinski definition) is 3. The summed E-state index contributed by atoms with van der Waals surface area (Å²) in [4.78, 5) is 18.4. The highest BCUT2D eigenvalue weighted by Gasteiger charge is 2.03. The first kappa shape index (κ1) is 10.9. The van der Waals surface area contributed by atoms with Crippen molar-refractivity contribution in [1.29, 1.82) is 0 Å². The normalized spacial score (nSPS) is 10.2. The average Bonchev–Trinajstić information content (AvgIpc) is 2.90. The van der Waals surface area contributed by atoms with Gasteiger partial charge >= 0.3 is 0 Å². The molecule has 0 saturated carbocycles. The van der Waals surface area contributed by atoms with E-state index in [1.807, 2.05) is 16.8 Å². The zero-order chi connectivity index (χ0) is 11.2. The standard InChI is InChI=1S/C11H13N3OS/c15-11(5-9-2-4-16-7-9)13-3-1-10-6-12-8-14-10/h2,4,6-8H,1,3,5H2,(H,12,14)(H,13,15). The number of carbonyl (C=O) groups is 1. The Morgan fingerprint density at radius 3 is 3.19 bits per heavy atom. The second-order valence-electron chi connectivity index (χ2n) is 3.49. The van der Waals surface area contributed by atoms with E-state index >= 15 is 0 Å². The zero-order valence-corrected chi connectivity index (χ0v) is 9.59. The molecule has 2 rings (SSSR count). The Morgan fingerprint density at radius 2 is 2.50 bits per heavy atom. The summed E-state index contributed by atoms with van der Waals surface area (Å²) in [7, 11) is 0. The number of nitrogens with zero attached hydrogens (tertiary/aromatic N) is 1. The number of hydrogen-bond donors (Lipinski definition) is 2. The minimum Gasteiger partial charge on any atom is -0.355 e. The van der Waals surface area contributed by atoms with E-state index in [-0.39, 0.29) is 5.91 Å². The van der Waals surface area contributed by atoms with Gasteiger partial charge in [0.25, 0.3) is 0 Å². The highest BCUT2D eigenvalue weighted by atomic mass is 32.1. The molecule has 0 aliphatic carbocycles. The van der Waals surface area contributed by atoms with Crippen LogP contribution in [0, 0.1) is 0 Å². The summed E-state index contributed by atoms with van der Waals surface area (Å²) < 4.78 is 0. The van der Waals surface area contributed by atoms with E-state index in [1.54, 1.807) is 23.9 Å². The third-order valence-electron chi connectivity index (χ3n) is 2.22. The first-order valence-electron chi connectivity index (χ1n) is 5.09. The van der Waals surface area contributed by atoms with E-state index in [1.165, 1.54) is 0 Å². The smallest absolute Gasteiger partial charge is 0.224 e. The van der Waals surface area contributed by atoms with Crippen molar-refractivity contribution in [3.63, 3.8) is 0 Å². The second kappa shape index (κ2) is 5.46. The molecule has 84 valence electrons. The van der Waals surface area contributed by atoms with Gasteiger partial charge in [0.2, 0.25) is 5.91 Å². The Hall–Kier alpha value is -1.62. The third-order valence-corrected chi connectivity index (χ3v) is 2.95. The van der Waals surface area contributed by atoms with Crippen LogP contribution in [0.2, 0.25) is 0 Å². The second-order valence-corrected chi connectivity index (χ2v) is 4.27. The quantitative estimate of drug-likeness (QED) is 0.822. The van der Waals surface area contributed by atoms with E-state index in [2.05, 4.69) is 15.3 Å². The van der Waals surface area contributed by atoms with Crippen LogP contribution in [-0.4, -0.2) is 22.4 Å². The number of thiophene rings is 1. The fraction of sp³-hybridized carbons (Fsp3) is 0.273. The van der Waals surface area contributed by atoms with Gasteiger partial charge in [-0.2, -0.15) is 11.3 Å². The van der Waals surface area contributed by atoms with Crippen molar-refractivity contribution in [2.75, 3.05) is 6.54 Å². The predicted molar refractivity (Wildman–Crippen MR) is 63.3 cm³/mol. The number of amides is 1. The van der Waals surface area contributed by atoms with Crippen molar-refractivity contribution in [3.05, 3.63) is 40.6 Å². The van der Waals surface area contributed by atoms with Crippen LogP contribution >= 0.6 is 11.3 Å². The van der Waals surface area contributed by atoms with Gasteiger partial charge in [-0.1, -0.05) is 0 Å². The monoisotopic (exact) mass is 235 g/mol. The fourth-order valence-corrected chi connectivity index (χ4v) is 2.07. The van der Waals surface area contributed by atoms with Gasteiger partial charge in [0.15, 0.2) is 0 Å². The maximum Gasteiger partial charge on any atom is 0.224 e. The molecular weight excluding hydrogens is 222 g/mol. The Morgan fingerprint density at radius 1 is 1.56 bits per heavy atom. The van der Waals surface area contributed by atoms with E-state index in [9.17, 15) is 4.79 Å². The van der Waals surface area contributed by atoms with Crippen LogP contribution < -0.4 is 5.32 Å². The maximum absolute atomic E-state index is 11.5. The molecule has 0 aliphatic rings. The van der Waals surface area contributed by atoms with Crippen molar-refractivity contribution >= 4 is 17.2 Å². The van der Waals surface area contributed by atoms with Gasteiger partial charge in [0.1, 0.15) is 0 Å². The highest BCUT2D eigenvalue weighted by Crippen LogP contribution is 2.06. The summed E-state index contributed by atoms with van der Waals surface area (Å²) in [5, 5.41) is 6.85. The fourth-order valence-electron chi connectivity index (χ4n) is 1.40. The van der Waals surface area contributed by atoms with Gasteiger partial charge in [0.05, 0.1) is 12.7 Å². The summed E-state index contributed by atoms with van der Waals surface area (Å²) in [5.41, 5.74) is 2.11. The minimum absolute atomic E-state index is 0.0675. The number of aromatic amines is 1. The summed E-state index contributed by atoms with van der Waals surface area (Å²) in [5.74, 6) is 0.0675. The van der Waals surface area contributed by atoms with Gasteiger partial charge in [0, 0.05) is 24.9 Å². The Labute approximate surface area is 97.7 Å². The molecule has 0 unspecified atom stereocenters. The van der Waals surface area contributed by atoms with Crippen molar-refractivity contribution < 1.29 is 4.79 Å². The summed E-state index contributed by atoms with van der Waals surface area (Å²) >= 11 is 1.61. The van der Waals surface area contributed by atoms with Gasteiger partial charge in [-0.3, -0.25) is 4.79 Å². The van der Waals surface area contributed by atoms with Crippen LogP contribution in [0.1, 0.15) is 11.3 Å². The molecule has 0 spiro atoms. The molecule has 16 heavy (non-hydrogen) atoms. The molecule has 0 bridgehead atoms. The lowest BCUT2D eigenvalue weighted by Gasteiger charge is -2.02. The van der Waals surface area contributed by atoms with Gasteiger partial charge in [-0.05, 0) is 22.4 Å². The molecule has 2 aromatic heterocycles. The van der Waals surface area contributed by atoms with E-state index < -0.39 is 0 Å². The highest BCUT2D eigenvalue weighted by molar-refractivity contribution is 7.07. The molecule has 2 N–H and O–H groups in total. The number of aromatic nitrogens is 2. The van der Waals surface area contributed by atoms with Gasteiger partial charge in [-0.25, -0.2) is 4.98 Å². The van der Waals surface area contributed by atoms with Gasteiger partial charge in [-0.15, -0.1) is 0 Å². The van der Waals surface area contributed by atoms with Crippen LogP contribution in [0.25, 0.3) is 0 Å². The van der Waals surface area contributed by atoms with Gasteiger partial charge < -0.3 is 10.3 Å². The van der Waals surface area contributed by atoms with Crippen molar-refractivity contribution in [3.8, 4) is 0 Å². The number of carbonyl (C=O) groups excluding carboxylic acids is 1. The Kier molecular flexibility index (Phi) is 3.71. The molecular formula is C11H13N3OS. The first-order valence-corrected chi connectivity index (χ1v) is 6.04. The largest absolute Gasteiger partial charge is 0.355 e. The number of imidazole rings is 1. The van der Waals surface area contributed by atoms with Crippen LogP contribution in [-0.2, 0) is 17.6 Å². The number of nitrogens with one attached hydrogen (secondary N) is 2. The van der Waals surface area contributed by atoms with E-state index in [0.29, 0.717) is 13.0 Å². The Balaban J connectivity index is 1.68. The van der Waals surface area contributed by atoms with E-state index in [0.717, 1.165) is 17.7 Å². The molecule has 5 heteroatoms. The topological polar surface area (TPSA) is 57.8 Å². The zero-order valence-electron chi connectivity index (χ0n) is 8.77. The average molecular weight is 235 g/mol. The first-order chi connectivity index (χ1) is 7.84. The lowest BCUT2D eigenvalue weighted by Crippen LogP contribution is -2.27. The minimum atomic E-state index is 0.0675. The summed E-state index contributed by atoms with van der Waals surface area (Å²) in [6.45, 7) is 0.644. The Bertz CT molecular complexity index is 422. The molecule has 0 saturated heterocycles. The number of rotatable bonds is 5. The van der Waals surface area contributed by atoms with Crippen molar-refractivity contribution in [1.82, 2.24) is 15.3 Å². The van der Waals surface area contributed by atoms with E-state index in [4.69, 9.17) is 0 Å². The SMILES string of the molecule is O=C(Cc1ccsc1)NCCc1cnc[nH]1. The molecule has 0 aliphatic heterocycles.